The summed E-state index contributed by atoms with van der Waals surface area (Å²) in [6, 6.07) is 10.3. The van der Waals surface area contributed by atoms with Crippen molar-refractivity contribution in [1.82, 2.24) is 15.6 Å². The minimum absolute atomic E-state index is 0.255. The largest absolute Gasteiger partial charge is 0.466 e. The summed E-state index contributed by atoms with van der Waals surface area (Å²) in [7, 11) is 0. The molecule has 6 heteroatoms. The number of para-hydroxylation sites is 1. The quantitative estimate of drug-likeness (QED) is 0.265. The Morgan fingerprint density at radius 3 is 2.76 bits per heavy atom. The number of aromatic nitrogens is 1. The fourth-order valence-electron chi connectivity index (χ4n) is 3.65. The van der Waals surface area contributed by atoms with Crippen molar-refractivity contribution in [2.45, 2.75) is 46.1 Å². The van der Waals surface area contributed by atoms with Crippen LogP contribution in [0.5, 0.6) is 0 Å². The zero-order chi connectivity index (χ0) is 20.9. The summed E-state index contributed by atoms with van der Waals surface area (Å²) in [5.41, 5.74) is 2.22. The number of nitrogens with zero attached hydrogens (tertiary/aromatic N) is 1. The number of benzene rings is 1. The van der Waals surface area contributed by atoms with Gasteiger partial charge in [-0.15, -0.1) is 0 Å². The monoisotopic (exact) mass is 396 g/mol. The zero-order valence-corrected chi connectivity index (χ0v) is 17.8. The molecule has 0 bridgehead atoms. The van der Waals surface area contributed by atoms with Crippen molar-refractivity contribution in [3.63, 3.8) is 0 Å². The van der Waals surface area contributed by atoms with Crippen LogP contribution in [0.1, 0.15) is 42.9 Å². The van der Waals surface area contributed by atoms with E-state index in [2.05, 4.69) is 45.0 Å². The Balaban J connectivity index is 1.56. The number of hydrogen-bond donors (Lipinski definition) is 4. The molecule has 0 saturated carbocycles. The van der Waals surface area contributed by atoms with Gasteiger partial charge in [0.15, 0.2) is 5.96 Å². The Hall–Kier alpha value is -2.73. The van der Waals surface area contributed by atoms with Gasteiger partial charge in [-0.2, -0.15) is 0 Å². The van der Waals surface area contributed by atoms with E-state index in [0.29, 0.717) is 5.96 Å². The first-order valence-electron chi connectivity index (χ1n) is 10.3. The molecular formula is C23H32N4O2. The maximum Gasteiger partial charge on any atom is 0.191 e. The number of guanidine groups is 1. The summed E-state index contributed by atoms with van der Waals surface area (Å²) in [5, 5.41) is 18.8. The molecule has 0 saturated heterocycles. The van der Waals surface area contributed by atoms with Crippen molar-refractivity contribution >= 4 is 16.9 Å². The first-order valence-corrected chi connectivity index (χ1v) is 10.3. The normalized spacial score (nSPS) is 14.2. The molecular weight excluding hydrogens is 364 g/mol. The summed E-state index contributed by atoms with van der Waals surface area (Å²) in [5.74, 6) is 2.24. The van der Waals surface area contributed by atoms with Crippen molar-refractivity contribution < 1.29 is 9.52 Å². The predicted molar refractivity (Wildman–Crippen MR) is 118 cm³/mol. The van der Waals surface area contributed by atoms with Crippen molar-refractivity contribution in [2.24, 2.45) is 4.99 Å². The van der Waals surface area contributed by atoms with Crippen LogP contribution in [0.15, 0.2) is 45.9 Å². The summed E-state index contributed by atoms with van der Waals surface area (Å²) in [6.45, 7) is 9.38. The Bertz CT molecular complexity index is 968. The molecule has 0 spiro atoms. The first kappa shape index (κ1) is 21.0. The molecule has 3 aromatic rings. The lowest BCUT2D eigenvalue weighted by Crippen LogP contribution is -2.39. The molecule has 156 valence electrons. The van der Waals surface area contributed by atoms with Gasteiger partial charge in [0.1, 0.15) is 17.1 Å². The highest BCUT2D eigenvalue weighted by molar-refractivity contribution is 5.83. The molecule has 0 aliphatic rings. The number of nitrogens with one attached hydrogen (secondary N) is 3. The van der Waals surface area contributed by atoms with Gasteiger partial charge in [-0.3, -0.25) is 0 Å². The average Bonchev–Trinajstić information content (AvgIpc) is 3.26. The van der Waals surface area contributed by atoms with Gasteiger partial charge in [0, 0.05) is 35.8 Å². The zero-order valence-electron chi connectivity index (χ0n) is 17.8. The van der Waals surface area contributed by atoms with Crippen LogP contribution in [-0.2, 0) is 12.0 Å². The van der Waals surface area contributed by atoms with Gasteiger partial charge in [-0.05, 0) is 58.2 Å². The van der Waals surface area contributed by atoms with E-state index >= 15 is 0 Å². The second-order valence-corrected chi connectivity index (χ2v) is 7.69. The molecule has 4 N–H and O–H groups in total. The van der Waals surface area contributed by atoms with E-state index in [1.807, 2.05) is 32.9 Å². The molecule has 6 nitrogen and oxygen atoms in total. The van der Waals surface area contributed by atoms with Crippen LogP contribution in [0.3, 0.4) is 0 Å². The third-order valence-electron chi connectivity index (χ3n) is 5.10. The van der Waals surface area contributed by atoms with Crippen molar-refractivity contribution in [1.29, 1.82) is 0 Å². The van der Waals surface area contributed by atoms with Gasteiger partial charge in [0.05, 0.1) is 6.54 Å². The highest BCUT2D eigenvalue weighted by Crippen LogP contribution is 2.27. The number of fused-ring (bicyclic) bond motifs is 1. The lowest BCUT2D eigenvalue weighted by molar-refractivity contribution is 0.0657. The van der Waals surface area contributed by atoms with E-state index in [1.54, 1.807) is 6.92 Å². The lowest BCUT2D eigenvalue weighted by atomic mass is 9.96. The average molecular weight is 397 g/mol. The van der Waals surface area contributed by atoms with Crippen molar-refractivity contribution in [2.75, 3.05) is 19.6 Å². The van der Waals surface area contributed by atoms with Crippen LogP contribution in [-0.4, -0.2) is 35.7 Å². The molecule has 29 heavy (non-hydrogen) atoms. The van der Waals surface area contributed by atoms with E-state index in [0.717, 1.165) is 43.0 Å². The molecule has 1 unspecified atom stereocenters. The summed E-state index contributed by atoms with van der Waals surface area (Å²) >= 11 is 0. The van der Waals surface area contributed by atoms with Gasteiger partial charge in [0.25, 0.3) is 0 Å². The molecule has 3 rings (SSSR count). The molecule has 0 fully saturated rings. The number of hydrogen-bond acceptors (Lipinski definition) is 3. The lowest BCUT2D eigenvalue weighted by Gasteiger charge is -2.21. The molecule has 0 aliphatic heterocycles. The highest BCUT2D eigenvalue weighted by atomic mass is 16.3. The van der Waals surface area contributed by atoms with E-state index in [-0.39, 0.29) is 6.54 Å². The third kappa shape index (κ3) is 5.21. The topological polar surface area (TPSA) is 85.6 Å². The van der Waals surface area contributed by atoms with Crippen LogP contribution in [0.4, 0.5) is 0 Å². The van der Waals surface area contributed by atoms with Crippen molar-refractivity contribution in [3.05, 3.63) is 59.2 Å². The van der Waals surface area contributed by atoms with E-state index in [1.165, 1.54) is 16.5 Å². The second kappa shape index (κ2) is 9.18. The number of aliphatic hydroxyl groups is 1. The molecule has 0 amide bonds. The van der Waals surface area contributed by atoms with Crippen LogP contribution in [0.25, 0.3) is 10.9 Å². The Morgan fingerprint density at radius 2 is 2.03 bits per heavy atom. The fourth-order valence-corrected chi connectivity index (χ4v) is 3.65. The minimum Gasteiger partial charge on any atom is -0.466 e. The minimum atomic E-state index is -1.08. The van der Waals surface area contributed by atoms with Gasteiger partial charge < -0.3 is 25.1 Å². The SMILES string of the molecule is CCNC(=NCC(C)(O)c1cc(C)oc1C)NCCCc1c[nH]c2ccccc12. The Kier molecular flexibility index (Phi) is 6.64. The van der Waals surface area contributed by atoms with Crippen LogP contribution in [0, 0.1) is 13.8 Å². The number of rotatable bonds is 8. The molecule has 0 radical (unpaired) electrons. The molecule has 2 aromatic heterocycles. The Labute approximate surface area is 172 Å². The number of aryl methyl sites for hydroxylation is 3. The first-order chi connectivity index (χ1) is 13.9. The third-order valence-corrected chi connectivity index (χ3v) is 5.10. The smallest absolute Gasteiger partial charge is 0.191 e. The van der Waals surface area contributed by atoms with Gasteiger partial charge in [-0.1, -0.05) is 18.2 Å². The molecule has 1 atom stereocenters. The number of furan rings is 1. The second-order valence-electron chi connectivity index (χ2n) is 7.69. The van der Waals surface area contributed by atoms with Gasteiger partial charge in [-0.25, -0.2) is 4.99 Å². The standard InChI is InChI=1S/C23H32N4O2/c1-5-24-22(27-15-23(4,28)20-13-16(2)29-17(20)3)25-12-8-9-18-14-26-21-11-7-6-10-19(18)21/h6-7,10-11,13-14,26,28H,5,8-9,12,15H2,1-4H3,(H2,24,25,27). The summed E-state index contributed by atoms with van der Waals surface area (Å²) in [4.78, 5) is 7.92. The van der Waals surface area contributed by atoms with Gasteiger partial charge in [0.2, 0.25) is 0 Å². The number of aliphatic imine (C=N–C) groups is 1. The number of aromatic amines is 1. The number of H-pyrrole nitrogens is 1. The summed E-state index contributed by atoms with van der Waals surface area (Å²) < 4.78 is 5.56. The van der Waals surface area contributed by atoms with Gasteiger partial charge >= 0.3 is 0 Å². The van der Waals surface area contributed by atoms with E-state index < -0.39 is 5.60 Å². The highest BCUT2D eigenvalue weighted by Gasteiger charge is 2.27. The fraction of sp³-hybridized carbons (Fsp3) is 0.435. The van der Waals surface area contributed by atoms with Crippen LogP contribution < -0.4 is 10.6 Å². The van der Waals surface area contributed by atoms with Crippen molar-refractivity contribution in [3.8, 4) is 0 Å². The van der Waals surface area contributed by atoms with E-state index in [9.17, 15) is 5.11 Å². The maximum absolute atomic E-state index is 10.9. The summed E-state index contributed by atoms with van der Waals surface area (Å²) in [6.07, 6.45) is 4.07. The Morgan fingerprint density at radius 1 is 1.24 bits per heavy atom. The molecule has 2 heterocycles. The molecule has 0 aliphatic carbocycles. The van der Waals surface area contributed by atoms with Crippen LogP contribution in [0.2, 0.25) is 0 Å². The van der Waals surface area contributed by atoms with Crippen LogP contribution >= 0.6 is 0 Å². The molecule has 1 aromatic carbocycles. The predicted octanol–water partition coefficient (Wildman–Crippen LogP) is 3.77. The maximum atomic E-state index is 10.9. The van der Waals surface area contributed by atoms with E-state index in [4.69, 9.17) is 4.42 Å².